The molecule has 0 aliphatic heterocycles. The molecule has 0 spiro atoms. The van der Waals surface area contributed by atoms with E-state index in [0.29, 0.717) is 6.42 Å². The van der Waals surface area contributed by atoms with E-state index in [2.05, 4.69) is 24.0 Å². The van der Waals surface area contributed by atoms with Gasteiger partial charge in [-0.3, -0.25) is 9.59 Å². The minimum Gasteiger partial charge on any atom is -1.00 e. The number of carbonyl (C=O) groups is 3. The molecule has 0 aliphatic carbocycles. The molecular formula is C20H36NNaO4. The first kappa shape index (κ1) is 29.8. The molecule has 2 N–H and O–H groups in total. The Labute approximate surface area is 182 Å². The molecule has 6 heteroatoms. The third-order valence-electron chi connectivity index (χ3n) is 3.31. The molecule has 0 aromatic heterocycles. The van der Waals surface area contributed by atoms with Crippen molar-refractivity contribution in [3.05, 3.63) is 24.3 Å². The van der Waals surface area contributed by atoms with Crippen LogP contribution in [0, 0.1) is 0 Å². The Morgan fingerprint density at radius 2 is 1.38 bits per heavy atom. The van der Waals surface area contributed by atoms with E-state index in [1.54, 1.807) is 13.8 Å². The number of carbonyl (C=O) groups excluding carboxylic acids is 3. The molecule has 0 aromatic carbocycles. The van der Waals surface area contributed by atoms with Crippen molar-refractivity contribution in [2.45, 2.75) is 85.0 Å². The fourth-order valence-electron chi connectivity index (χ4n) is 2.01. The average Bonchev–Trinajstić information content (AvgIpc) is 2.52. The molecule has 0 aromatic rings. The van der Waals surface area contributed by atoms with Crippen molar-refractivity contribution >= 4 is 17.8 Å². The summed E-state index contributed by atoms with van der Waals surface area (Å²) in [5.74, 6) is -1.44. The number of rotatable bonds is 12. The van der Waals surface area contributed by atoms with E-state index in [1.165, 1.54) is 51.0 Å². The van der Waals surface area contributed by atoms with Crippen LogP contribution in [0.5, 0.6) is 0 Å². The quantitative estimate of drug-likeness (QED) is 0.184. The van der Waals surface area contributed by atoms with Crippen molar-refractivity contribution in [2.75, 3.05) is 0 Å². The molecule has 0 radical (unpaired) electrons. The summed E-state index contributed by atoms with van der Waals surface area (Å²) in [5.41, 5.74) is 5.37. The molecule has 0 fully saturated rings. The van der Waals surface area contributed by atoms with Crippen LogP contribution in [0.15, 0.2) is 24.3 Å². The van der Waals surface area contributed by atoms with E-state index in [1.807, 2.05) is 0 Å². The molecule has 0 saturated heterocycles. The number of hydrogen-bond acceptors (Lipinski definition) is 4. The standard InChI is InChI=1S/C17H30O3.C3H5NO.Na.H/c1-4-5-6-7-8-9-10-11-12-13-16(18)20-17(19)14-15(2)3;1-2-3(4)5;;/h14H,4-13H2,1-3H3;2H,1H2,(H2,4,5);;/q;;+1;-1. The first-order chi connectivity index (χ1) is 11.8. The van der Waals surface area contributed by atoms with Crippen molar-refractivity contribution in [3.8, 4) is 0 Å². The Balaban J connectivity index is -0.000000333. The Kier molecular flexibility index (Phi) is 25.4. The second-order valence-corrected chi connectivity index (χ2v) is 6.20. The maximum Gasteiger partial charge on any atom is 1.00 e. The fraction of sp³-hybridized carbons (Fsp3) is 0.650. The molecule has 0 atom stereocenters. The predicted octanol–water partition coefficient (Wildman–Crippen LogP) is 1.72. The number of esters is 2. The van der Waals surface area contributed by atoms with Gasteiger partial charge in [0.15, 0.2) is 0 Å². The summed E-state index contributed by atoms with van der Waals surface area (Å²) >= 11 is 0. The molecule has 0 heterocycles. The van der Waals surface area contributed by atoms with E-state index >= 15 is 0 Å². The van der Waals surface area contributed by atoms with Crippen molar-refractivity contribution < 1.29 is 50.1 Å². The topological polar surface area (TPSA) is 86.5 Å². The second-order valence-electron chi connectivity index (χ2n) is 6.20. The average molecular weight is 378 g/mol. The summed E-state index contributed by atoms with van der Waals surface area (Å²) in [6, 6.07) is 0. The van der Waals surface area contributed by atoms with E-state index in [9.17, 15) is 14.4 Å². The van der Waals surface area contributed by atoms with Gasteiger partial charge in [0, 0.05) is 12.5 Å². The summed E-state index contributed by atoms with van der Waals surface area (Å²) in [5, 5.41) is 0. The maximum absolute atomic E-state index is 11.4. The molecule has 5 nitrogen and oxygen atoms in total. The molecule has 0 aliphatic rings. The second kappa shape index (κ2) is 22.1. The maximum atomic E-state index is 11.4. The van der Waals surface area contributed by atoms with Gasteiger partial charge in [0.05, 0.1) is 0 Å². The van der Waals surface area contributed by atoms with Crippen LogP contribution in [0.3, 0.4) is 0 Å². The van der Waals surface area contributed by atoms with Crippen LogP contribution in [-0.4, -0.2) is 17.8 Å². The zero-order chi connectivity index (χ0) is 19.5. The van der Waals surface area contributed by atoms with Gasteiger partial charge in [0.25, 0.3) is 0 Å². The number of hydrogen-bond donors (Lipinski definition) is 1. The normalized spacial score (nSPS) is 9.04. The van der Waals surface area contributed by atoms with Crippen LogP contribution in [0.2, 0.25) is 0 Å². The number of ether oxygens (including phenoxy) is 1. The van der Waals surface area contributed by atoms with Gasteiger partial charge >= 0.3 is 41.5 Å². The summed E-state index contributed by atoms with van der Waals surface area (Å²) in [4.78, 5) is 32.0. The zero-order valence-electron chi connectivity index (χ0n) is 18.1. The van der Waals surface area contributed by atoms with Gasteiger partial charge in [-0.25, -0.2) is 4.79 Å². The SMILES string of the molecule is C=CC(N)=O.CCCCCCCCCCCC(=O)OC(=O)C=C(C)C.[H-].[Na+]. The molecule has 0 bridgehead atoms. The molecule has 0 saturated carbocycles. The third kappa shape index (κ3) is 27.9. The minimum atomic E-state index is -0.550. The number of amides is 1. The van der Waals surface area contributed by atoms with Crippen molar-refractivity contribution in [2.24, 2.45) is 5.73 Å². The first-order valence-corrected chi connectivity index (χ1v) is 9.14. The van der Waals surface area contributed by atoms with Gasteiger partial charge in [0.2, 0.25) is 5.91 Å². The monoisotopic (exact) mass is 377 g/mol. The number of nitrogens with two attached hydrogens (primary N) is 1. The van der Waals surface area contributed by atoms with Crippen molar-refractivity contribution in [1.29, 1.82) is 0 Å². The molecule has 0 rings (SSSR count). The van der Waals surface area contributed by atoms with Gasteiger partial charge in [-0.2, -0.15) is 0 Å². The van der Waals surface area contributed by atoms with Crippen LogP contribution >= 0.6 is 0 Å². The molecular weight excluding hydrogens is 341 g/mol. The smallest absolute Gasteiger partial charge is 1.00 e. The summed E-state index contributed by atoms with van der Waals surface area (Å²) in [6.07, 6.45) is 13.6. The Bertz CT molecular complexity index is 436. The largest absolute Gasteiger partial charge is 1.00 e. The van der Waals surface area contributed by atoms with E-state index in [-0.39, 0.29) is 31.0 Å². The minimum absolute atomic E-state index is 0. The molecule has 0 unspecified atom stereocenters. The summed E-state index contributed by atoms with van der Waals surface area (Å²) < 4.78 is 4.68. The van der Waals surface area contributed by atoms with Crippen LogP contribution in [0.1, 0.15) is 86.4 Å². The molecule has 1 amide bonds. The van der Waals surface area contributed by atoms with Crippen LogP contribution < -0.4 is 35.3 Å². The van der Waals surface area contributed by atoms with Gasteiger partial charge in [-0.1, -0.05) is 70.4 Å². The summed E-state index contributed by atoms with van der Waals surface area (Å²) in [6.45, 7) is 8.91. The van der Waals surface area contributed by atoms with Crippen LogP contribution in [0.4, 0.5) is 0 Å². The molecule has 146 valence electrons. The first-order valence-electron chi connectivity index (χ1n) is 9.14. The Hall–Kier alpha value is -0.910. The number of primary amides is 1. The number of unbranched alkanes of at least 4 members (excludes halogenated alkanes) is 8. The van der Waals surface area contributed by atoms with E-state index in [4.69, 9.17) is 0 Å². The van der Waals surface area contributed by atoms with E-state index < -0.39 is 17.8 Å². The van der Waals surface area contributed by atoms with Crippen LogP contribution in [-0.2, 0) is 19.1 Å². The van der Waals surface area contributed by atoms with Gasteiger partial charge < -0.3 is 11.9 Å². The Morgan fingerprint density at radius 3 is 1.77 bits per heavy atom. The van der Waals surface area contributed by atoms with Crippen molar-refractivity contribution in [3.63, 3.8) is 0 Å². The molecule has 26 heavy (non-hydrogen) atoms. The van der Waals surface area contributed by atoms with Gasteiger partial charge in [-0.15, -0.1) is 0 Å². The van der Waals surface area contributed by atoms with Gasteiger partial charge in [-0.05, 0) is 26.3 Å². The Morgan fingerprint density at radius 1 is 0.962 bits per heavy atom. The van der Waals surface area contributed by atoms with Crippen LogP contribution in [0.25, 0.3) is 0 Å². The number of allylic oxidation sites excluding steroid dienone is 1. The van der Waals surface area contributed by atoms with Crippen molar-refractivity contribution in [1.82, 2.24) is 0 Å². The van der Waals surface area contributed by atoms with Gasteiger partial charge in [0.1, 0.15) is 0 Å². The zero-order valence-corrected chi connectivity index (χ0v) is 19.1. The summed E-state index contributed by atoms with van der Waals surface area (Å²) in [7, 11) is 0. The predicted molar refractivity (Wildman–Crippen MR) is 103 cm³/mol. The fourth-order valence-corrected chi connectivity index (χ4v) is 2.01. The third-order valence-corrected chi connectivity index (χ3v) is 3.31. The van der Waals surface area contributed by atoms with E-state index in [0.717, 1.165) is 24.5 Å².